The topological polar surface area (TPSA) is 59.8 Å². The van der Waals surface area contributed by atoms with E-state index in [0.717, 1.165) is 40.0 Å². The summed E-state index contributed by atoms with van der Waals surface area (Å²) in [5, 5.41) is 18.9. The van der Waals surface area contributed by atoms with Gasteiger partial charge in [-0.2, -0.15) is 5.26 Å². The molecule has 142 valence electrons. The van der Waals surface area contributed by atoms with E-state index in [2.05, 4.69) is 43.6 Å². The van der Waals surface area contributed by atoms with Crippen molar-refractivity contribution >= 4 is 17.2 Å². The molecule has 0 aliphatic carbocycles. The lowest BCUT2D eigenvalue weighted by Gasteiger charge is -2.07. The van der Waals surface area contributed by atoms with Crippen LogP contribution in [0.4, 0.5) is 0 Å². The standard InChI is InChI=1S/C25H26N2O/c1-5-7-8-9-10-11-18(3)24-17-27-19(4)23(24)15-20(6-2)21-12-13-25(28)22(14-21)16-26/h6-15,17,27-28H,2,5H2,1,3-4H3/b8-7+,10-9-,18-11+,20-15+. The van der Waals surface area contributed by atoms with Crippen molar-refractivity contribution in [2.24, 2.45) is 0 Å². The van der Waals surface area contributed by atoms with Crippen LogP contribution >= 0.6 is 0 Å². The molecule has 0 saturated heterocycles. The van der Waals surface area contributed by atoms with Crippen molar-refractivity contribution in [3.63, 3.8) is 0 Å². The number of aromatic hydroxyl groups is 1. The van der Waals surface area contributed by atoms with Crippen LogP contribution in [0.3, 0.4) is 0 Å². The van der Waals surface area contributed by atoms with E-state index >= 15 is 0 Å². The van der Waals surface area contributed by atoms with E-state index in [1.54, 1.807) is 18.2 Å². The van der Waals surface area contributed by atoms with Gasteiger partial charge in [0.25, 0.3) is 0 Å². The monoisotopic (exact) mass is 370 g/mol. The number of hydrogen-bond donors (Lipinski definition) is 2. The molecule has 1 aromatic carbocycles. The minimum atomic E-state index is -0.0177. The van der Waals surface area contributed by atoms with E-state index < -0.39 is 0 Å². The maximum absolute atomic E-state index is 9.75. The van der Waals surface area contributed by atoms with Crippen LogP contribution in [0.15, 0.2) is 67.4 Å². The quantitative estimate of drug-likeness (QED) is 0.543. The predicted octanol–water partition coefficient (Wildman–Crippen LogP) is 6.55. The van der Waals surface area contributed by atoms with E-state index in [-0.39, 0.29) is 11.3 Å². The Kier molecular flexibility index (Phi) is 7.42. The summed E-state index contributed by atoms with van der Waals surface area (Å²) in [7, 11) is 0. The Morgan fingerprint density at radius 1 is 1.29 bits per heavy atom. The summed E-state index contributed by atoms with van der Waals surface area (Å²) in [6.45, 7) is 10.1. The van der Waals surface area contributed by atoms with Crippen molar-refractivity contribution in [3.05, 3.63) is 95.4 Å². The first kappa shape index (κ1) is 20.8. The summed E-state index contributed by atoms with van der Waals surface area (Å²) < 4.78 is 0. The van der Waals surface area contributed by atoms with Crippen LogP contribution < -0.4 is 0 Å². The van der Waals surface area contributed by atoms with Gasteiger partial charge in [-0.1, -0.05) is 56.0 Å². The number of hydrogen-bond acceptors (Lipinski definition) is 2. The van der Waals surface area contributed by atoms with Gasteiger partial charge in [0.15, 0.2) is 0 Å². The fraction of sp³-hybridized carbons (Fsp3) is 0.160. The second kappa shape index (κ2) is 9.99. The van der Waals surface area contributed by atoms with Gasteiger partial charge in [0.2, 0.25) is 0 Å². The normalized spacial score (nSPS) is 12.6. The number of H-pyrrole nitrogens is 1. The van der Waals surface area contributed by atoms with Crippen LogP contribution in [-0.2, 0) is 0 Å². The first-order chi connectivity index (χ1) is 13.5. The number of benzene rings is 1. The van der Waals surface area contributed by atoms with Gasteiger partial charge < -0.3 is 10.1 Å². The summed E-state index contributed by atoms with van der Waals surface area (Å²) in [4.78, 5) is 3.29. The first-order valence-corrected chi connectivity index (χ1v) is 9.27. The molecule has 3 heteroatoms. The molecule has 3 nitrogen and oxygen atoms in total. The summed E-state index contributed by atoms with van der Waals surface area (Å²) >= 11 is 0. The van der Waals surface area contributed by atoms with Gasteiger partial charge >= 0.3 is 0 Å². The summed E-state index contributed by atoms with van der Waals surface area (Å²) in [5.74, 6) is -0.0177. The van der Waals surface area contributed by atoms with Crippen LogP contribution in [-0.4, -0.2) is 10.1 Å². The number of phenols is 1. The van der Waals surface area contributed by atoms with Crippen LogP contribution in [0.2, 0.25) is 0 Å². The third-order valence-electron chi connectivity index (χ3n) is 4.46. The van der Waals surface area contributed by atoms with Crippen LogP contribution in [0, 0.1) is 18.3 Å². The highest BCUT2D eigenvalue weighted by molar-refractivity contribution is 5.91. The average molecular weight is 370 g/mol. The number of nitrogens with one attached hydrogen (secondary N) is 1. The van der Waals surface area contributed by atoms with Gasteiger partial charge in [-0.3, -0.25) is 0 Å². The molecule has 0 saturated carbocycles. The van der Waals surface area contributed by atoms with E-state index in [1.807, 2.05) is 37.4 Å². The Labute approximate surface area is 167 Å². The van der Waals surface area contributed by atoms with E-state index in [4.69, 9.17) is 0 Å². The molecule has 0 atom stereocenters. The molecule has 1 heterocycles. The number of allylic oxidation sites excluding steroid dienone is 8. The molecule has 1 aromatic heterocycles. The lowest BCUT2D eigenvalue weighted by Crippen LogP contribution is -1.87. The molecule has 2 rings (SSSR count). The summed E-state index contributed by atoms with van der Waals surface area (Å²) in [6.07, 6.45) is 17.1. The number of aromatic nitrogens is 1. The molecular weight excluding hydrogens is 344 g/mol. The van der Waals surface area contributed by atoms with Crippen molar-refractivity contribution in [2.45, 2.75) is 27.2 Å². The van der Waals surface area contributed by atoms with E-state index in [1.165, 1.54) is 6.07 Å². The number of rotatable bonds is 7. The Morgan fingerprint density at radius 2 is 2.07 bits per heavy atom. The highest BCUT2D eigenvalue weighted by Crippen LogP contribution is 2.29. The van der Waals surface area contributed by atoms with Gasteiger partial charge in [0.1, 0.15) is 11.8 Å². The number of aryl methyl sites for hydroxylation is 1. The van der Waals surface area contributed by atoms with Crippen molar-refractivity contribution in [1.29, 1.82) is 5.26 Å². The Hall–Kier alpha value is -3.51. The van der Waals surface area contributed by atoms with Crippen LogP contribution in [0.25, 0.3) is 17.2 Å². The largest absolute Gasteiger partial charge is 0.507 e. The van der Waals surface area contributed by atoms with E-state index in [9.17, 15) is 10.4 Å². The zero-order valence-corrected chi connectivity index (χ0v) is 16.7. The van der Waals surface area contributed by atoms with Gasteiger partial charge in [0.05, 0.1) is 5.56 Å². The van der Waals surface area contributed by atoms with Crippen molar-refractivity contribution < 1.29 is 5.11 Å². The second-order valence-electron chi connectivity index (χ2n) is 6.46. The maximum Gasteiger partial charge on any atom is 0.133 e. The first-order valence-electron chi connectivity index (χ1n) is 9.27. The Balaban J connectivity index is 2.45. The molecule has 28 heavy (non-hydrogen) atoms. The SMILES string of the molecule is C=C/C(=C\c1c(/C(C)=C/C=C\C=C\CC)c[nH]c1C)c1ccc(O)c(C#N)c1. The third kappa shape index (κ3) is 5.02. The zero-order valence-electron chi connectivity index (χ0n) is 16.7. The zero-order chi connectivity index (χ0) is 20.5. The molecule has 2 N–H and O–H groups in total. The molecular formula is C25H26N2O. The maximum atomic E-state index is 9.75. The van der Waals surface area contributed by atoms with Crippen LogP contribution in [0.1, 0.15) is 48.2 Å². The third-order valence-corrected chi connectivity index (χ3v) is 4.46. The Bertz CT molecular complexity index is 1010. The van der Waals surface area contributed by atoms with Gasteiger partial charge in [-0.15, -0.1) is 0 Å². The number of aromatic amines is 1. The lowest BCUT2D eigenvalue weighted by atomic mass is 9.97. The summed E-state index contributed by atoms with van der Waals surface area (Å²) in [6, 6.07) is 7.01. The van der Waals surface area contributed by atoms with Gasteiger partial charge in [-0.25, -0.2) is 0 Å². The molecule has 0 radical (unpaired) electrons. The van der Waals surface area contributed by atoms with Crippen molar-refractivity contribution in [3.8, 4) is 11.8 Å². The molecule has 0 unspecified atom stereocenters. The van der Waals surface area contributed by atoms with Crippen molar-refractivity contribution in [2.75, 3.05) is 0 Å². The molecule has 0 spiro atoms. The lowest BCUT2D eigenvalue weighted by molar-refractivity contribution is 0.473. The molecule has 0 bridgehead atoms. The number of nitrogens with zero attached hydrogens (tertiary/aromatic N) is 1. The van der Waals surface area contributed by atoms with Crippen molar-refractivity contribution in [1.82, 2.24) is 4.98 Å². The molecule has 2 aromatic rings. The Morgan fingerprint density at radius 3 is 2.75 bits per heavy atom. The highest BCUT2D eigenvalue weighted by atomic mass is 16.3. The second-order valence-corrected chi connectivity index (χ2v) is 6.46. The molecule has 0 aliphatic heterocycles. The summed E-state index contributed by atoms with van der Waals surface area (Å²) in [5.41, 5.74) is 6.35. The molecule has 0 fully saturated rings. The number of nitriles is 1. The fourth-order valence-corrected chi connectivity index (χ4v) is 2.84. The van der Waals surface area contributed by atoms with Crippen LogP contribution in [0.5, 0.6) is 5.75 Å². The minimum absolute atomic E-state index is 0.0177. The van der Waals surface area contributed by atoms with E-state index in [0.29, 0.717) is 0 Å². The smallest absolute Gasteiger partial charge is 0.133 e. The fourth-order valence-electron chi connectivity index (χ4n) is 2.84. The highest BCUT2D eigenvalue weighted by Gasteiger charge is 2.10. The number of phenolic OH excluding ortho intramolecular Hbond substituents is 1. The molecule has 0 amide bonds. The average Bonchev–Trinajstić information content (AvgIpc) is 3.06. The predicted molar refractivity (Wildman–Crippen MR) is 119 cm³/mol. The molecule has 0 aliphatic rings. The van der Waals surface area contributed by atoms with Gasteiger partial charge in [0, 0.05) is 23.0 Å². The minimum Gasteiger partial charge on any atom is -0.507 e. The van der Waals surface area contributed by atoms with Gasteiger partial charge in [-0.05, 0) is 55.2 Å².